The molecule has 40 heteroatoms. The zero-order valence-corrected chi connectivity index (χ0v) is 102. The van der Waals surface area contributed by atoms with Gasteiger partial charge in [0, 0.05) is 57.7 Å². The topological polar surface area (TPSA) is 275 Å². The number of Topliss-reactive ketones (excluding diaryl/α,β-unsaturated/α-hetero) is 4. The van der Waals surface area contributed by atoms with E-state index in [4.69, 9.17) is 225 Å². The molecule has 0 saturated heterocycles. The molecule has 8 N–H and O–H groups in total. The summed E-state index contributed by atoms with van der Waals surface area (Å²) in [5, 5.41) is 30.7. The van der Waals surface area contributed by atoms with Crippen molar-refractivity contribution in [3.8, 4) is 0 Å². The Bertz CT molecular complexity index is 4940. The van der Waals surface area contributed by atoms with Crippen molar-refractivity contribution in [1.82, 2.24) is 9.97 Å². The van der Waals surface area contributed by atoms with Crippen molar-refractivity contribution in [1.29, 1.82) is 5.26 Å². The van der Waals surface area contributed by atoms with E-state index in [1.165, 1.54) is 80.7 Å². The Balaban J connectivity index is -0.000000435. The minimum Gasteiger partial charge on any atom is -0.512 e. The van der Waals surface area contributed by atoms with Gasteiger partial charge >= 0.3 is 175 Å². The maximum absolute atomic E-state index is 11.4. The molecule has 0 spiro atoms. The Morgan fingerprint density at radius 2 is 0.835 bits per heavy atom. The fraction of sp³-hybridized carbons (Fsp3) is 0.333. The number of anilines is 3. The molecule has 127 heavy (non-hydrogen) atoms. The quantitative estimate of drug-likeness (QED) is 0.00654. The van der Waals surface area contributed by atoms with Crippen LogP contribution in [0.2, 0.25) is 88.6 Å². The van der Waals surface area contributed by atoms with Gasteiger partial charge in [0.05, 0.1) is 112 Å². The molecule has 9 aromatic rings. The van der Waals surface area contributed by atoms with E-state index < -0.39 is 27.4 Å². The van der Waals surface area contributed by atoms with Gasteiger partial charge in [0.15, 0.2) is 11.6 Å². The van der Waals surface area contributed by atoms with Gasteiger partial charge in [-0.3, -0.25) is 19.2 Å². The number of halogens is 22. The predicted molar refractivity (Wildman–Crippen MR) is 597 cm³/mol. The van der Waals surface area contributed by atoms with Crippen molar-refractivity contribution in [2.24, 2.45) is 0 Å². The number of nitrogens with two attached hydrogens (primary N) is 3. The number of hydrogen-bond donors (Lipinski definition) is 5. The maximum Gasteiger partial charge on any atom is 1.00 e. The Hall–Kier alpha value is 1.23. The first-order chi connectivity index (χ1) is 58.5. The van der Waals surface area contributed by atoms with Crippen molar-refractivity contribution in [3.63, 3.8) is 0 Å². The first-order valence-corrected chi connectivity index (χ1v) is 60.0. The van der Waals surface area contributed by atoms with Crippen LogP contribution in [0.25, 0.3) is 4.85 Å². The van der Waals surface area contributed by atoms with Gasteiger partial charge in [-0.05, 0) is 259 Å². The molecule has 0 bridgehead atoms. The molecule has 0 aliphatic rings. The Morgan fingerprint density at radius 3 is 1.19 bits per heavy atom. The number of alkyl halides is 1. The van der Waals surface area contributed by atoms with E-state index >= 15 is 0 Å². The molecule has 0 aliphatic carbocycles. The summed E-state index contributed by atoms with van der Waals surface area (Å²) < 4.78 is 30.5. The number of nitrogen functional groups attached to an aromatic ring is 3. The van der Waals surface area contributed by atoms with Crippen LogP contribution in [0.3, 0.4) is 0 Å². The molecule has 694 valence electrons. The van der Waals surface area contributed by atoms with E-state index in [0.717, 1.165) is 59.2 Å². The van der Waals surface area contributed by atoms with Gasteiger partial charge in [0.25, 0.3) is 0 Å². The smallest absolute Gasteiger partial charge is 0.512 e. The zero-order chi connectivity index (χ0) is 96.9. The summed E-state index contributed by atoms with van der Waals surface area (Å²) in [5.74, 6) is -0.111. The third-order valence-corrected chi connectivity index (χ3v) is 44.3. The number of ketones is 4. The number of carbonyl (C=O) groups excluding carboxylic acids is 4. The van der Waals surface area contributed by atoms with Crippen molar-refractivity contribution in [2.75, 3.05) is 27.9 Å². The fourth-order valence-electron chi connectivity index (χ4n) is 10.1. The normalized spacial score (nSPS) is 10.2. The number of carbonyl (C=O) groups is 4. The third-order valence-electron chi connectivity index (χ3n) is 16.4. The predicted octanol–water partition coefficient (Wildman–Crippen LogP) is 30.5. The third kappa shape index (κ3) is 53.4. The average molecular weight is 2890 g/mol. The van der Waals surface area contributed by atoms with Gasteiger partial charge in [-0.25, -0.2) is 15.0 Å². The van der Waals surface area contributed by atoms with Crippen LogP contribution in [0.1, 0.15) is 182 Å². The van der Waals surface area contributed by atoms with Crippen LogP contribution in [0.15, 0.2) is 122 Å². The van der Waals surface area contributed by atoms with Crippen molar-refractivity contribution >= 4 is 392 Å². The van der Waals surface area contributed by atoms with E-state index in [0.29, 0.717) is 111 Å². The number of nitrogens with zero attached hydrogens (tertiary/aromatic N) is 4. The molecule has 15 nitrogen and oxygen atoms in total. The standard InChI is InChI=1S/C11H11Cl2IO.C9H7Cl2IO.C8H4Cl2IN.C8H7Cl2I.C8H7Cl2NO.C8H8ClNO.C7H5Cl2IO.C7H7Cl2NO.C4H3N2.3C4H9.C2H5I.CH3ClO2S.CN.CH4.K.Sn/c1-3-7(6(2)15)8-4-5-9(14)11(13)10(8)12;1-5(13)4-6-2-3-7(12)9(11)8(6)10;1-12-4-5-2-3-6(11)8(10)7(5)9;1-2-5-3-4-6(11)8(10)7(5)9;1-4(12)5-2-3-6(11)8(10)7(5)9;1-5(11)7-3-2-6(10)4-8(7)9;2*8-6-4(3-11)1-2-5(10)7(6)9;1-2-6-4-3-5-1;3*1-3-4-2;1-2-3;1-5(2,3)4;1-2;;;/h4-5,7H,3H2,1-2H3;2-3H,4H2,1H3;2-3H,4H2;3-4H,2H2,1H3;2-3H,11H2,1H3;2-4H,10H2,1H3;1-2,11H,3H2;1-2,11H,3,10H2;1-3H;3*1,3-4H2,2H3;2H2,1H3;1H3;;1H4;;/q;;;;;;;;;;;;;;-1;;+1;. The number of aliphatic hydroxyl groups excluding tert-OH is 2. The molecular formula is C87H98Cl16I6KN7O8SSn. The van der Waals surface area contributed by atoms with E-state index in [2.05, 4.69) is 197 Å². The Morgan fingerprint density at radius 1 is 0.496 bits per heavy atom. The van der Waals surface area contributed by atoms with Crippen LogP contribution < -0.4 is 72.3 Å². The van der Waals surface area contributed by atoms with Crippen LogP contribution in [0.5, 0.6) is 0 Å². The number of unbranched alkanes of at least 4 members (excludes halogenated alkanes) is 3. The van der Waals surface area contributed by atoms with Crippen LogP contribution in [0, 0.1) is 36.3 Å². The molecule has 9 rings (SSSR count). The summed E-state index contributed by atoms with van der Waals surface area (Å²) in [6.45, 7) is 30.6. The minimum absolute atomic E-state index is 0. The van der Waals surface area contributed by atoms with E-state index in [1.54, 1.807) is 55.5 Å². The van der Waals surface area contributed by atoms with Crippen molar-refractivity contribution < 1.29 is 89.2 Å². The number of benzene rings is 8. The van der Waals surface area contributed by atoms with Gasteiger partial charge in [0.2, 0.25) is 15.6 Å². The molecule has 8 aromatic carbocycles. The van der Waals surface area contributed by atoms with Crippen LogP contribution in [-0.4, -0.2) is 80.8 Å². The van der Waals surface area contributed by atoms with Crippen LogP contribution in [-0.2, 0) is 51.2 Å². The fourth-order valence-corrected chi connectivity index (χ4v) is 31.6. The first-order valence-electron chi connectivity index (χ1n) is 37.2. The van der Waals surface area contributed by atoms with Crippen LogP contribution >= 0.6 is 320 Å². The number of aromatic nitrogens is 2. The number of hydrogen-bond acceptors (Lipinski definition) is 14. The largest absolute Gasteiger partial charge is 1.00 e. The molecule has 1 heterocycles. The number of rotatable bonds is 21. The molecule has 0 radical (unpaired) electrons. The summed E-state index contributed by atoms with van der Waals surface area (Å²) in [7, 11) is 1.31. The van der Waals surface area contributed by atoms with Gasteiger partial charge in [0.1, 0.15) is 11.6 Å². The summed E-state index contributed by atoms with van der Waals surface area (Å²) in [6.07, 6.45) is 16.9. The summed E-state index contributed by atoms with van der Waals surface area (Å²) in [5.41, 5.74) is 23.4. The minimum atomic E-state index is -3.19. The van der Waals surface area contributed by atoms with E-state index in [-0.39, 0.29) is 118 Å². The average Bonchev–Trinajstić information content (AvgIpc) is 0.789. The van der Waals surface area contributed by atoms with Gasteiger partial charge in [-0.2, -0.15) is 0 Å². The van der Waals surface area contributed by atoms with Gasteiger partial charge in [-0.15, -0.1) is 0 Å². The summed E-state index contributed by atoms with van der Waals surface area (Å²) in [4.78, 5) is 56.4. The molecule has 0 amide bonds. The maximum atomic E-state index is 11.4. The first kappa shape index (κ1) is 137. The van der Waals surface area contributed by atoms with E-state index in [9.17, 15) is 27.6 Å². The molecule has 1 aromatic heterocycles. The van der Waals surface area contributed by atoms with Gasteiger partial charge < -0.3 is 44.1 Å². The number of aryl methyl sites for hydroxylation is 1. The molecule has 1 atom stereocenters. The summed E-state index contributed by atoms with van der Waals surface area (Å²) >= 11 is 98.5. The number of aliphatic hydroxyl groups is 2. The SMILES string of the molecule is C.CC(=O)Cc1ccc(I)c(Cl)c1Cl.CC(=O)c1ccc(N)c(Cl)c1Cl.CC(=O)c1ccc(N)cc1Cl.CCC(C(C)=O)c1ccc(I)c(Cl)c1Cl.CCC[CH2][Sn]([CH2]CCC)([CH2]CCC)[c]1cnccn1.CCI.CCc1ccc(I)c(Cl)c1Cl.CS(=O)(=O)Cl.Nc1ccc(CO)c(Cl)c1Cl.OCc1ccc(I)c(Cl)c1Cl.[C-]#N.[C-]#[N+]Cc1ccc(I)c(Cl)c1Cl.[K+]. The Labute approximate surface area is 959 Å². The second-order valence-electron chi connectivity index (χ2n) is 25.8. The second kappa shape index (κ2) is 76.1. The molecule has 0 saturated carbocycles. The zero-order valence-electron chi connectivity index (χ0n) is 70.5. The molecule has 0 aliphatic heterocycles. The molecule has 1 unspecified atom stereocenters. The van der Waals surface area contributed by atoms with Crippen molar-refractivity contribution in [2.45, 2.75) is 173 Å². The van der Waals surface area contributed by atoms with Gasteiger partial charge in [-0.1, -0.05) is 255 Å². The van der Waals surface area contributed by atoms with E-state index in [1.807, 2.05) is 73.9 Å². The second-order valence-corrected chi connectivity index (χ2v) is 54.9. The van der Waals surface area contributed by atoms with Crippen molar-refractivity contribution in [3.05, 3.63) is 277 Å². The van der Waals surface area contributed by atoms with Crippen LogP contribution in [0.4, 0.5) is 17.1 Å². The monoisotopic (exact) mass is 2880 g/mol. The molecule has 0 fully saturated rings. The molecular weight excluding hydrogens is 2790 g/mol. The Kier molecular flexibility index (Phi) is 81.9. The summed E-state index contributed by atoms with van der Waals surface area (Å²) in [6, 6.07) is 29.9.